The van der Waals surface area contributed by atoms with Gasteiger partial charge < -0.3 is 19.1 Å². The molecule has 1 aliphatic heterocycles. The van der Waals surface area contributed by atoms with Gasteiger partial charge in [0.2, 0.25) is 0 Å². The maximum Gasteiger partial charge on any atom is 0.341 e. The van der Waals surface area contributed by atoms with Crippen LogP contribution in [-0.4, -0.2) is 41.0 Å². The number of fused-ring (bicyclic) bond motifs is 3. The van der Waals surface area contributed by atoms with Crippen molar-refractivity contribution in [2.24, 2.45) is 5.92 Å². The maximum atomic E-state index is 12.6. The molecule has 2 aromatic heterocycles. The van der Waals surface area contributed by atoms with Gasteiger partial charge >= 0.3 is 5.97 Å². The van der Waals surface area contributed by atoms with Gasteiger partial charge in [-0.25, -0.2) is 4.79 Å². The van der Waals surface area contributed by atoms with Crippen LogP contribution in [0.1, 0.15) is 42.2 Å². The predicted molar refractivity (Wildman–Crippen MR) is 124 cm³/mol. The lowest BCUT2D eigenvalue weighted by Crippen LogP contribution is -2.28. The Labute approximate surface area is 190 Å². The molecule has 1 aromatic carbocycles. The van der Waals surface area contributed by atoms with Crippen molar-refractivity contribution in [3.8, 4) is 27.4 Å². The van der Waals surface area contributed by atoms with E-state index in [0.717, 1.165) is 45.9 Å². The Bertz CT molecular complexity index is 1180. The highest BCUT2D eigenvalue weighted by Crippen LogP contribution is 2.43. The molecule has 32 heavy (non-hydrogen) atoms. The fraction of sp³-hybridized carbons (Fsp3) is 0.375. The van der Waals surface area contributed by atoms with Gasteiger partial charge in [-0.2, -0.15) is 0 Å². The van der Waals surface area contributed by atoms with E-state index in [9.17, 15) is 14.7 Å². The summed E-state index contributed by atoms with van der Waals surface area (Å²) < 4.78 is 13.2. The van der Waals surface area contributed by atoms with Gasteiger partial charge in [-0.15, -0.1) is 11.3 Å². The summed E-state index contributed by atoms with van der Waals surface area (Å²) in [5.74, 6) is -0.174. The summed E-state index contributed by atoms with van der Waals surface area (Å²) in [5.41, 5.74) is 4.73. The third-order valence-electron chi connectivity index (χ3n) is 5.80. The van der Waals surface area contributed by atoms with E-state index in [4.69, 9.17) is 9.47 Å². The summed E-state index contributed by atoms with van der Waals surface area (Å²) in [4.78, 5) is 29.3. The highest BCUT2D eigenvalue weighted by Gasteiger charge is 2.29. The Hall–Kier alpha value is -2.97. The number of rotatable bonds is 8. The van der Waals surface area contributed by atoms with Crippen LogP contribution in [0.3, 0.4) is 0 Å². The van der Waals surface area contributed by atoms with Crippen LogP contribution in [0.2, 0.25) is 0 Å². The van der Waals surface area contributed by atoms with Crippen molar-refractivity contribution >= 4 is 17.3 Å². The van der Waals surface area contributed by atoms with E-state index in [1.165, 1.54) is 23.6 Å². The van der Waals surface area contributed by atoms with Crippen LogP contribution in [0, 0.1) is 5.92 Å². The molecule has 3 heterocycles. The second-order valence-corrected chi connectivity index (χ2v) is 9.12. The average Bonchev–Trinajstić information content (AvgIpc) is 3.29. The number of carboxylic acid groups (broad SMARTS) is 1. The van der Waals surface area contributed by atoms with Crippen molar-refractivity contribution in [2.75, 3.05) is 20.3 Å². The molecule has 4 rings (SSSR count). The fourth-order valence-corrected chi connectivity index (χ4v) is 4.80. The molecule has 1 aliphatic rings. The molecule has 3 aromatic rings. The van der Waals surface area contributed by atoms with Gasteiger partial charge in [0.05, 0.1) is 22.7 Å². The summed E-state index contributed by atoms with van der Waals surface area (Å²) >= 11 is 1.52. The predicted octanol–water partition coefficient (Wildman–Crippen LogP) is 4.51. The molecular formula is C24H26N2O5S. The molecule has 0 aliphatic carbocycles. The lowest BCUT2D eigenvalue weighted by Gasteiger charge is -2.34. The quantitative estimate of drug-likeness (QED) is 0.504. The van der Waals surface area contributed by atoms with E-state index >= 15 is 0 Å². The van der Waals surface area contributed by atoms with Gasteiger partial charge in [-0.05, 0) is 30.0 Å². The third-order valence-corrected chi connectivity index (χ3v) is 6.60. The number of hydrogen-bond acceptors (Lipinski definition) is 6. The molecule has 0 radical (unpaired) electrons. The second-order valence-electron chi connectivity index (χ2n) is 8.23. The average molecular weight is 455 g/mol. The summed E-state index contributed by atoms with van der Waals surface area (Å²) in [6, 6.07) is 5.58. The smallest absolute Gasteiger partial charge is 0.341 e. The van der Waals surface area contributed by atoms with Crippen LogP contribution in [-0.2, 0) is 11.2 Å². The lowest BCUT2D eigenvalue weighted by molar-refractivity contribution is 0.0694. The van der Waals surface area contributed by atoms with Gasteiger partial charge in [0, 0.05) is 55.8 Å². The van der Waals surface area contributed by atoms with Crippen molar-refractivity contribution in [1.82, 2.24) is 9.55 Å². The van der Waals surface area contributed by atoms with Crippen molar-refractivity contribution in [1.29, 1.82) is 0 Å². The molecule has 0 saturated heterocycles. The Morgan fingerprint density at radius 3 is 2.75 bits per heavy atom. The Kier molecular flexibility index (Phi) is 6.43. The molecule has 0 spiro atoms. The number of ether oxygens (including phenoxy) is 2. The van der Waals surface area contributed by atoms with E-state index < -0.39 is 11.4 Å². The number of benzene rings is 1. The molecule has 1 unspecified atom stereocenters. The summed E-state index contributed by atoms with van der Waals surface area (Å²) in [6.07, 6.45) is 4.80. The molecule has 0 saturated carbocycles. The first-order chi connectivity index (χ1) is 15.4. The van der Waals surface area contributed by atoms with E-state index in [1.807, 2.05) is 10.6 Å². The van der Waals surface area contributed by atoms with Gasteiger partial charge in [0.25, 0.3) is 0 Å². The Morgan fingerprint density at radius 1 is 1.28 bits per heavy atom. The number of pyridine rings is 1. The SMILES string of the molecule is COCCCOc1cc2c(cc1-c1cncs1)-c1cc(=O)c(C(=O)O)cn1C(C(C)C)C2. The standard InChI is InChI=1S/C24H26N2O5S/c1-14(2)19-7-15-8-22(31-6-4-5-30-3)17(23-11-25-13-32-23)9-16(15)20-10-21(27)18(24(28)29)12-26(19)20/h8-14,19H,4-7H2,1-3H3,(H,28,29). The number of thiazole rings is 1. The summed E-state index contributed by atoms with van der Waals surface area (Å²) in [5, 5.41) is 9.47. The highest BCUT2D eigenvalue weighted by molar-refractivity contribution is 7.13. The van der Waals surface area contributed by atoms with Crippen LogP contribution >= 0.6 is 11.3 Å². The molecule has 0 amide bonds. The van der Waals surface area contributed by atoms with Crippen molar-refractivity contribution in [3.63, 3.8) is 0 Å². The number of nitrogens with zero attached hydrogens (tertiary/aromatic N) is 2. The normalized spacial score (nSPS) is 14.8. The minimum atomic E-state index is -1.20. The summed E-state index contributed by atoms with van der Waals surface area (Å²) in [7, 11) is 1.67. The third kappa shape index (κ3) is 4.20. The fourth-order valence-electron chi connectivity index (χ4n) is 4.16. The minimum absolute atomic E-state index is 0.0341. The monoisotopic (exact) mass is 454 g/mol. The zero-order chi connectivity index (χ0) is 22.8. The van der Waals surface area contributed by atoms with E-state index in [1.54, 1.807) is 18.8 Å². The molecule has 0 fully saturated rings. The molecule has 1 N–H and O–H groups in total. The molecular weight excluding hydrogens is 428 g/mol. The number of aromatic carboxylic acids is 1. The first-order valence-electron chi connectivity index (χ1n) is 10.6. The van der Waals surface area contributed by atoms with E-state index in [-0.39, 0.29) is 17.5 Å². The van der Waals surface area contributed by atoms with Crippen LogP contribution < -0.4 is 10.2 Å². The molecule has 168 valence electrons. The lowest BCUT2D eigenvalue weighted by atomic mass is 9.86. The second kappa shape index (κ2) is 9.26. The van der Waals surface area contributed by atoms with E-state index in [0.29, 0.717) is 13.2 Å². The van der Waals surface area contributed by atoms with Crippen LogP contribution in [0.25, 0.3) is 21.7 Å². The molecule has 0 bridgehead atoms. The van der Waals surface area contributed by atoms with Crippen molar-refractivity contribution in [2.45, 2.75) is 32.7 Å². The number of carboxylic acids is 1. The van der Waals surface area contributed by atoms with Crippen molar-refractivity contribution in [3.05, 3.63) is 57.5 Å². The Balaban J connectivity index is 1.88. The van der Waals surface area contributed by atoms with E-state index in [2.05, 4.69) is 24.9 Å². The zero-order valence-electron chi connectivity index (χ0n) is 18.3. The number of hydrogen-bond donors (Lipinski definition) is 1. The summed E-state index contributed by atoms with van der Waals surface area (Å²) in [6.45, 7) is 5.36. The van der Waals surface area contributed by atoms with Gasteiger partial charge in [0.1, 0.15) is 11.3 Å². The molecule has 8 heteroatoms. The van der Waals surface area contributed by atoms with Crippen LogP contribution in [0.15, 0.2) is 40.9 Å². The number of carbonyl (C=O) groups is 1. The minimum Gasteiger partial charge on any atom is -0.493 e. The topological polar surface area (TPSA) is 90.7 Å². The zero-order valence-corrected chi connectivity index (χ0v) is 19.1. The number of methoxy groups -OCH3 is 1. The Morgan fingerprint density at radius 2 is 2.09 bits per heavy atom. The molecule has 1 atom stereocenters. The first-order valence-corrected chi connectivity index (χ1v) is 11.5. The highest BCUT2D eigenvalue weighted by atomic mass is 32.1. The molecule has 7 nitrogen and oxygen atoms in total. The van der Waals surface area contributed by atoms with Gasteiger partial charge in [-0.1, -0.05) is 13.8 Å². The maximum absolute atomic E-state index is 12.6. The van der Waals surface area contributed by atoms with Gasteiger partial charge in [0.15, 0.2) is 5.43 Å². The number of aromatic nitrogens is 2. The van der Waals surface area contributed by atoms with Crippen LogP contribution in [0.4, 0.5) is 0 Å². The van der Waals surface area contributed by atoms with Gasteiger partial charge in [-0.3, -0.25) is 9.78 Å². The largest absolute Gasteiger partial charge is 0.493 e. The van der Waals surface area contributed by atoms with Crippen LogP contribution in [0.5, 0.6) is 5.75 Å². The first kappa shape index (κ1) is 22.2. The van der Waals surface area contributed by atoms with Crippen molar-refractivity contribution < 1.29 is 19.4 Å².